The van der Waals surface area contributed by atoms with Crippen molar-refractivity contribution in [2.75, 3.05) is 32.2 Å². The third kappa shape index (κ3) is 11.9. The predicted molar refractivity (Wildman–Crippen MR) is 102 cm³/mol. The van der Waals surface area contributed by atoms with E-state index in [1.54, 1.807) is 36.4 Å². The summed E-state index contributed by atoms with van der Waals surface area (Å²) < 4.78 is 4.43. The number of aliphatic hydroxyl groups is 1. The molecule has 13 N–H and O–H groups in total. The number of nitrogens with zero attached hydrogens (tertiary/aromatic N) is 2. The van der Waals surface area contributed by atoms with Crippen LogP contribution in [0.3, 0.4) is 0 Å². The second-order valence-electron chi connectivity index (χ2n) is 4.01. The number of anilines is 2. The molecule has 0 saturated heterocycles. The summed E-state index contributed by atoms with van der Waals surface area (Å²) in [6.07, 6.45) is 0. The number of ketones is 1. The van der Waals surface area contributed by atoms with Crippen LogP contribution < -0.4 is 28.9 Å². The van der Waals surface area contributed by atoms with Crippen molar-refractivity contribution in [3.63, 3.8) is 0 Å². The maximum Gasteiger partial charge on any atom is 0.356 e. The van der Waals surface area contributed by atoms with Crippen molar-refractivity contribution in [1.82, 2.24) is 9.97 Å². The molecule has 0 atom stereocenters. The topological polar surface area (TPSA) is 251 Å². The smallest absolute Gasteiger partial charge is 0.356 e. The molecule has 0 aliphatic carbocycles. The number of esters is 1. The summed E-state index contributed by atoms with van der Waals surface area (Å²) in [6.45, 7) is -0.0313. The highest BCUT2D eigenvalue weighted by Crippen LogP contribution is 2.01. The molecule has 0 amide bonds. The molecule has 0 aliphatic heterocycles. The van der Waals surface area contributed by atoms with Gasteiger partial charge in [-0.3, -0.25) is 16.5 Å². The Morgan fingerprint density at radius 1 is 0.963 bits per heavy atom. The Bertz CT molecular complexity index is 613. The largest absolute Gasteiger partial charge is 0.464 e. The number of nitrogen functional groups attached to an aromatic ring is 2. The molecule has 2 rings (SSSR count). The van der Waals surface area contributed by atoms with Gasteiger partial charge in [0.2, 0.25) is 0 Å². The van der Waals surface area contributed by atoms with E-state index in [1.165, 1.54) is 7.11 Å². The van der Waals surface area contributed by atoms with Crippen molar-refractivity contribution in [2.45, 2.75) is 0 Å². The van der Waals surface area contributed by atoms with Crippen molar-refractivity contribution in [3.8, 4) is 0 Å². The lowest BCUT2D eigenvalue weighted by Gasteiger charge is -1.97. The first-order valence-corrected chi connectivity index (χ1v) is 7.02. The zero-order valence-corrected chi connectivity index (χ0v) is 15.1. The number of hydrogen-bond acceptors (Lipinski definition) is 11. The minimum atomic E-state index is -0.475. The van der Waals surface area contributed by atoms with E-state index in [4.69, 9.17) is 22.3 Å². The van der Waals surface area contributed by atoms with E-state index in [9.17, 15) is 9.59 Å². The summed E-state index contributed by atoms with van der Waals surface area (Å²) >= 11 is 0. The molecule has 0 aliphatic rings. The summed E-state index contributed by atoms with van der Waals surface area (Å²) in [4.78, 5) is 29.3. The molecular weight excluding hydrogens is 358 g/mol. The Balaban J connectivity index is -0.000000349. The van der Waals surface area contributed by atoms with E-state index < -0.39 is 5.97 Å². The number of nitrogens with two attached hydrogens (primary N) is 5. The van der Waals surface area contributed by atoms with Gasteiger partial charge in [-0.05, 0) is 24.3 Å². The molecule has 2 heterocycles. The fourth-order valence-electron chi connectivity index (χ4n) is 1.38. The molecule has 0 bridgehead atoms. The molecular formula is C15H27N7O5. The molecule has 12 heteroatoms. The molecule has 0 spiro atoms. The number of Topliss-reactive ketones (excluding diaryl/α,β-unsaturated/α-hetero) is 1. The number of methoxy groups -OCH3 is 1. The third-order valence-corrected chi connectivity index (χ3v) is 2.41. The number of rotatable bonds is 3. The molecule has 0 aromatic carbocycles. The van der Waals surface area contributed by atoms with Gasteiger partial charge < -0.3 is 32.5 Å². The molecule has 0 unspecified atom stereocenters. The van der Waals surface area contributed by atoms with Gasteiger partial charge in [0.1, 0.15) is 17.3 Å². The Hall–Kier alpha value is -3.16. The first kappa shape index (κ1) is 28.6. The quantitative estimate of drug-likeness (QED) is 0.144. The minimum Gasteiger partial charge on any atom is -0.464 e. The lowest BCUT2D eigenvalue weighted by Crippen LogP contribution is -2.15. The summed E-state index contributed by atoms with van der Waals surface area (Å²) in [6, 6.07) is 9.67. The van der Waals surface area contributed by atoms with Crippen LogP contribution in [0.4, 0.5) is 11.6 Å². The molecule has 0 radical (unpaired) electrons. The normalized spacial score (nSPS) is 8.07. The van der Waals surface area contributed by atoms with Crippen LogP contribution in [0.5, 0.6) is 0 Å². The van der Waals surface area contributed by atoms with Gasteiger partial charge in [0.25, 0.3) is 0 Å². The Morgan fingerprint density at radius 2 is 1.37 bits per heavy atom. The van der Waals surface area contributed by atoms with Crippen molar-refractivity contribution in [2.24, 2.45) is 17.4 Å². The van der Waals surface area contributed by atoms with Gasteiger partial charge >= 0.3 is 5.97 Å². The monoisotopic (exact) mass is 385 g/mol. The van der Waals surface area contributed by atoms with Crippen molar-refractivity contribution in [1.29, 1.82) is 0 Å². The van der Waals surface area contributed by atoms with Crippen LogP contribution in [-0.4, -0.2) is 53.1 Å². The zero-order valence-electron chi connectivity index (χ0n) is 15.1. The van der Waals surface area contributed by atoms with Gasteiger partial charge in [-0.1, -0.05) is 12.1 Å². The van der Waals surface area contributed by atoms with Gasteiger partial charge in [0.15, 0.2) is 11.5 Å². The maximum atomic E-state index is 10.9. The van der Waals surface area contributed by atoms with Crippen LogP contribution in [0.2, 0.25) is 0 Å². The molecule has 2 aromatic rings. The van der Waals surface area contributed by atoms with Crippen LogP contribution in [0.15, 0.2) is 36.4 Å². The number of hydrogen-bond donors (Lipinski definition) is 6. The van der Waals surface area contributed by atoms with Gasteiger partial charge in [-0.2, -0.15) is 0 Å². The third-order valence-electron chi connectivity index (χ3n) is 2.41. The number of pyridine rings is 2. The van der Waals surface area contributed by atoms with Crippen LogP contribution in [0.25, 0.3) is 0 Å². The van der Waals surface area contributed by atoms with E-state index in [-0.39, 0.29) is 23.5 Å². The summed E-state index contributed by atoms with van der Waals surface area (Å²) in [7, 11) is 2.30. The van der Waals surface area contributed by atoms with E-state index in [0.717, 1.165) is 7.11 Å². The number of hydrazine groups is 1. The van der Waals surface area contributed by atoms with Crippen LogP contribution in [-0.2, 0) is 4.74 Å². The molecule has 2 aromatic heterocycles. The number of carbonyl (C=O) groups is 2. The number of ether oxygens (including phenoxy) is 1. The Morgan fingerprint density at radius 3 is 1.74 bits per heavy atom. The van der Waals surface area contributed by atoms with Crippen LogP contribution in [0.1, 0.15) is 21.0 Å². The average molecular weight is 385 g/mol. The average Bonchev–Trinajstić information content (AvgIpc) is 2.70. The zero-order chi connectivity index (χ0) is 20.5. The second-order valence-corrected chi connectivity index (χ2v) is 4.01. The number of aromatic nitrogens is 2. The van der Waals surface area contributed by atoms with E-state index in [0.29, 0.717) is 17.3 Å². The maximum absolute atomic E-state index is 10.9. The lowest BCUT2D eigenvalue weighted by atomic mass is 10.2. The highest BCUT2D eigenvalue weighted by Gasteiger charge is 2.05. The molecule has 0 saturated carbocycles. The molecule has 27 heavy (non-hydrogen) atoms. The molecule has 152 valence electrons. The SMILES string of the molecule is CO.COC(=O)c1cccc(N)n1.NCC(=O)c1cccc(N)n1.NN.O. The van der Waals surface area contributed by atoms with Gasteiger partial charge in [0.05, 0.1) is 13.7 Å². The van der Waals surface area contributed by atoms with Crippen LogP contribution in [0, 0.1) is 0 Å². The summed E-state index contributed by atoms with van der Waals surface area (Å²) in [5.74, 6) is 7.98. The fraction of sp³-hybridized carbons (Fsp3) is 0.200. The standard InChI is InChI=1S/C7H9N3O.C7H8N2O2.CH4O.H4N2.H2O/c8-4-6(11)5-2-1-3-7(9)10-5;1-11-7(10)5-3-2-4-6(8)9-5;2*1-2;/h1-3H,4,8H2,(H2,9,10);2-4H,1H3,(H2,8,9);2H,1H3;1-2H2;1H2. The summed E-state index contributed by atoms with van der Waals surface area (Å²) in [5, 5.41) is 7.00. The fourth-order valence-corrected chi connectivity index (χ4v) is 1.38. The second kappa shape index (κ2) is 17.7. The van der Waals surface area contributed by atoms with Crippen molar-refractivity contribution >= 4 is 23.4 Å². The molecule has 12 nitrogen and oxygen atoms in total. The summed E-state index contributed by atoms with van der Waals surface area (Å²) in [5.41, 5.74) is 16.4. The van der Waals surface area contributed by atoms with Gasteiger partial charge in [0, 0.05) is 7.11 Å². The highest BCUT2D eigenvalue weighted by molar-refractivity contribution is 5.95. The first-order chi connectivity index (χ1) is 12.5. The Labute approximate surface area is 156 Å². The van der Waals surface area contributed by atoms with Crippen LogP contribution >= 0.6 is 0 Å². The minimum absolute atomic E-state index is 0. The van der Waals surface area contributed by atoms with Gasteiger partial charge in [-0.15, -0.1) is 0 Å². The lowest BCUT2D eigenvalue weighted by molar-refractivity contribution is 0.0594. The van der Waals surface area contributed by atoms with Crippen molar-refractivity contribution < 1.29 is 24.9 Å². The number of aliphatic hydroxyl groups excluding tert-OH is 1. The number of carbonyl (C=O) groups excluding carboxylic acids is 2. The van der Waals surface area contributed by atoms with Crippen molar-refractivity contribution in [3.05, 3.63) is 47.8 Å². The first-order valence-electron chi connectivity index (χ1n) is 7.02. The van der Waals surface area contributed by atoms with E-state index in [2.05, 4.69) is 26.4 Å². The Kier molecular flexibility index (Phi) is 18.7. The van der Waals surface area contributed by atoms with E-state index >= 15 is 0 Å². The highest BCUT2D eigenvalue weighted by atomic mass is 16.5. The molecule has 0 fully saturated rings. The van der Waals surface area contributed by atoms with Gasteiger partial charge in [-0.25, -0.2) is 14.8 Å². The predicted octanol–water partition coefficient (Wildman–Crippen LogP) is -2.14. The van der Waals surface area contributed by atoms with E-state index in [1.807, 2.05) is 0 Å².